The van der Waals surface area contributed by atoms with E-state index in [1.165, 1.54) is 12.1 Å². The van der Waals surface area contributed by atoms with Crippen LogP contribution in [-0.2, 0) is 16.0 Å². The smallest absolute Gasteiger partial charge is 0.337 e. The number of hydrogen-bond acceptors (Lipinski definition) is 5. The lowest BCUT2D eigenvalue weighted by Crippen LogP contribution is -2.39. The van der Waals surface area contributed by atoms with Crippen LogP contribution in [0.3, 0.4) is 0 Å². The summed E-state index contributed by atoms with van der Waals surface area (Å²) in [7, 11) is 0. The van der Waals surface area contributed by atoms with Crippen molar-refractivity contribution in [3.8, 4) is 16.9 Å². The first-order valence-corrected chi connectivity index (χ1v) is 14.3. The Hall–Kier alpha value is -3.96. The summed E-state index contributed by atoms with van der Waals surface area (Å²) in [6.45, 7) is 21.6. The maximum atomic E-state index is 13.2. The molecule has 1 atom stereocenters. The number of nitrogens with zero attached hydrogens (tertiary/aromatic N) is 3. The molecule has 0 saturated carbocycles. The molecule has 2 aromatic carbocycles. The van der Waals surface area contributed by atoms with Gasteiger partial charge in [-0.15, -0.1) is 0 Å². The number of hydrogen-bond donors (Lipinski definition) is 1. The minimum Gasteiger partial charge on any atom is -0.504 e. The Kier molecular flexibility index (Phi) is 9.22. The zero-order valence-corrected chi connectivity index (χ0v) is 25.3. The second-order valence-electron chi connectivity index (χ2n) is 12.6. The van der Waals surface area contributed by atoms with Gasteiger partial charge in [-0.25, -0.2) is 14.0 Å². The molecule has 0 amide bonds. The van der Waals surface area contributed by atoms with Crippen molar-refractivity contribution < 1.29 is 23.8 Å². The van der Waals surface area contributed by atoms with Crippen molar-refractivity contribution in [3.63, 3.8) is 0 Å². The number of anilines is 1. The van der Waals surface area contributed by atoms with Gasteiger partial charge in [0.15, 0.2) is 6.10 Å². The van der Waals surface area contributed by atoms with E-state index in [1.54, 1.807) is 30.5 Å². The highest BCUT2D eigenvalue weighted by Crippen LogP contribution is 2.44. The number of aliphatic carboxylic acids is 1. The van der Waals surface area contributed by atoms with Gasteiger partial charge in [-0.1, -0.05) is 32.0 Å². The number of benzene rings is 2. The van der Waals surface area contributed by atoms with Gasteiger partial charge >= 0.3 is 5.97 Å². The van der Waals surface area contributed by atoms with E-state index in [2.05, 4.69) is 28.6 Å². The standard InChI is InChI=1S/C34H40FN3O4/c1-22-29(31(32(39)40)42-33(2,3)4)30(38-17-15-34(5,6)16-18-38)26(21-37-22)24-10-13-28(27(20-24)36-7)41-19-14-23-8-11-25(35)12-9-23/h8-13,20-21,31H,14-19H2,1-6H3,(H,39,40)/t31-/m0/s1. The zero-order valence-electron chi connectivity index (χ0n) is 25.3. The van der Waals surface area contributed by atoms with E-state index in [1.807, 2.05) is 33.8 Å². The van der Waals surface area contributed by atoms with Crippen molar-refractivity contribution in [1.29, 1.82) is 0 Å². The number of rotatable bonds is 9. The fourth-order valence-electron chi connectivity index (χ4n) is 5.22. The molecular weight excluding hydrogens is 533 g/mol. The minimum absolute atomic E-state index is 0.192. The number of carboxylic acids is 1. The number of pyridine rings is 1. The Labute approximate surface area is 248 Å². The normalized spacial score (nSPS) is 15.6. The van der Waals surface area contributed by atoms with Gasteiger partial charge in [0.05, 0.1) is 24.5 Å². The predicted molar refractivity (Wildman–Crippen MR) is 163 cm³/mol. The molecule has 3 aromatic rings. The Morgan fingerprint density at radius 2 is 1.83 bits per heavy atom. The Bertz CT molecular complexity index is 1460. The van der Waals surface area contributed by atoms with Gasteiger partial charge in [0.1, 0.15) is 11.6 Å². The summed E-state index contributed by atoms with van der Waals surface area (Å²) in [4.78, 5) is 23.2. The molecule has 7 nitrogen and oxygen atoms in total. The molecule has 222 valence electrons. The highest BCUT2D eigenvalue weighted by Gasteiger charge is 2.35. The van der Waals surface area contributed by atoms with E-state index in [9.17, 15) is 14.3 Å². The lowest BCUT2D eigenvalue weighted by molar-refractivity contribution is -0.160. The molecule has 42 heavy (non-hydrogen) atoms. The maximum Gasteiger partial charge on any atom is 0.337 e. The first-order chi connectivity index (χ1) is 19.8. The number of aromatic nitrogens is 1. The van der Waals surface area contributed by atoms with Crippen LogP contribution >= 0.6 is 0 Å². The third kappa shape index (κ3) is 7.46. The molecule has 4 rings (SSSR count). The van der Waals surface area contributed by atoms with Crippen LogP contribution in [0.25, 0.3) is 16.0 Å². The van der Waals surface area contributed by atoms with Crippen molar-refractivity contribution in [2.75, 3.05) is 24.6 Å². The average Bonchev–Trinajstić information content (AvgIpc) is 2.92. The first-order valence-electron chi connectivity index (χ1n) is 14.3. The lowest BCUT2D eigenvalue weighted by atomic mass is 9.82. The minimum atomic E-state index is -1.21. The monoisotopic (exact) mass is 573 g/mol. The molecule has 1 fully saturated rings. The van der Waals surface area contributed by atoms with Crippen LogP contribution in [0.2, 0.25) is 0 Å². The van der Waals surface area contributed by atoms with Gasteiger partial charge in [0.2, 0.25) is 5.69 Å². The number of ether oxygens (including phenoxy) is 2. The third-order valence-electron chi connectivity index (χ3n) is 7.63. The molecule has 0 spiro atoms. The number of carbonyl (C=O) groups is 1. The lowest BCUT2D eigenvalue weighted by Gasteiger charge is -2.41. The zero-order chi connectivity index (χ0) is 30.7. The average molecular weight is 574 g/mol. The predicted octanol–water partition coefficient (Wildman–Crippen LogP) is 7.94. The molecule has 1 aromatic heterocycles. The van der Waals surface area contributed by atoms with Crippen molar-refractivity contribution in [2.45, 2.75) is 72.5 Å². The topological polar surface area (TPSA) is 76.2 Å². The number of halogens is 1. The fraction of sp³-hybridized carbons (Fsp3) is 0.441. The van der Waals surface area contributed by atoms with E-state index in [-0.39, 0.29) is 11.2 Å². The maximum absolute atomic E-state index is 13.2. The van der Waals surface area contributed by atoms with Crippen LogP contribution in [-0.4, -0.2) is 41.4 Å². The van der Waals surface area contributed by atoms with E-state index >= 15 is 0 Å². The molecule has 1 saturated heterocycles. The molecular formula is C34H40FN3O4. The van der Waals surface area contributed by atoms with E-state index in [0.717, 1.165) is 48.3 Å². The quantitative estimate of drug-likeness (QED) is 0.262. The molecule has 0 radical (unpaired) electrons. The highest BCUT2D eigenvalue weighted by atomic mass is 19.1. The molecule has 0 bridgehead atoms. The SMILES string of the molecule is [C-]#[N+]c1cc(-c2cnc(C)c([C@H](OC(C)(C)C)C(=O)O)c2N2CCC(C)(C)CC2)ccc1OCCc1ccc(F)cc1. The largest absolute Gasteiger partial charge is 0.504 e. The van der Waals surface area contributed by atoms with Crippen molar-refractivity contribution in [3.05, 3.63) is 82.7 Å². The highest BCUT2D eigenvalue weighted by molar-refractivity contribution is 5.87. The van der Waals surface area contributed by atoms with Crippen molar-refractivity contribution in [2.24, 2.45) is 5.41 Å². The van der Waals surface area contributed by atoms with Crippen LogP contribution in [0.4, 0.5) is 15.8 Å². The van der Waals surface area contributed by atoms with Gasteiger partial charge in [-0.3, -0.25) is 4.98 Å². The van der Waals surface area contributed by atoms with Gasteiger partial charge in [-0.2, -0.15) is 0 Å². The molecule has 0 aliphatic carbocycles. The second kappa shape index (κ2) is 12.5. The summed E-state index contributed by atoms with van der Waals surface area (Å²) < 4.78 is 25.3. The number of piperidine rings is 1. The third-order valence-corrected chi connectivity index (χ3v) is 7.63. The van der Waals surface area contributed by atoms with Gasteiger partial charge in [0.25, 0.3) is 0 Å². The van der Waals surface area contributed by atoms with Crippen LogP contribution < -0.4 is 9.64 Å². The Balaban J connectivity index is 1.75. The van der Waals surface area contributed by atoms with Crippen molar-refractivity contribution >= 4 is 17.3 Å². The molecule has 1 N–H and O–H groups in total. The Morgan fingerprint density at radius 3 is 2.43 bits per heavy atom. The molecule has 0 unspecified atom stereocenters. The molecule has 1 aliphatic heterocycles. The van der Waals surface area contributed by atoms with Crippen LogP contribution in [0.15, 0.2) is 48.7 Å². The summed E-state index contributed by atoms with van der Waals surface area (Å²) in [6.07, 6.45) is 3.04. The Morgan fingerprint density at radius 1 is 1.17 bits per heavy atom. The number of carboxylic acid groups (broad SMARTS) is 1. The molecule has 8 heteroatoms. The van der Waals surface area contributed by atoms with Gasteiger partial charge in [0, 0.05) is 42.5 Å². The molecule has 2 heterocycles. The van der Waals surface area contributed by atoms with Crippen LogP contribution in [0.5, 0.6) is 5.75 Å². The van der Waals surface area contributed by atoms with E-state index in [0.29, 0.717) is 35.7 Å². The summed E-state index contributed by atoms with van der Waals surface area (Å²) in [5, 5.41) is 10.3. The first kappa shape index (κ1) is 31.0. The van der Waals surface area contributed by atoms with E-state index in [4.69, 9.17) is 16.0 Å². The second-order valence-corrected chi connectivity index (χ2v) is 12.6. The van der Waals surface area contributed by atoms with Crippen LogP contribution in [0, 0.1) is 24.7 Å². The summed E-state index contributed by atoms with van der Waals surface area (Å²) >= 11 is 0. The van der Waals surface area contributed by atoms with Crippen molar-refractivity contribution in [1.82, 2.24) is 4.98 Å². The van der Waals surface area contributed by atoms with E-state index < -0.39 is 17.7 Å². The summed E-state index contributed by atoms with van der Waals surface area (Å²) in [5.41, 5.74) is 4.21. The van der Waals surface area contributed by atoms with Gasteiger partial charge in [-0.05, 0) is 81.3 Å². The fourth-order valence-corrected chi connectivity index (χ4v) is 5.22. The van der Waals surface area contributed by atoms with Gasteiger partial charge < -0.3 is 19.5 Å². The number of aryl methyl sites for hydroxylation is 1. The molecule has 1 aliphatic rings. The van der Waals surface area contributed by atoms with Crippen LogP contribution in [0.1, 0.15) is 70.4 Å². The summed E-state index contributed by atoms with van der Waals surface area (Å²) in [6, 6.07) is 11.7. The summed E-state index contributed by atoms with van der Waals surface area (Å²) in [5.74, 6) is -0.902.